The normalized spacial score (nSPS) is 27.7. The molecule has 0 unspecified atom stereocenters. The van der Waals surface area contributed by atoms with Crippen LogP contribution < -0.4 is 15.5 Å². The molecule has 7 rings (SSSR count). The van der Waals surface area contributed by atoms with Gasteiger partial charge in [-0.1, -0.05) is 47.0 Å². The summed E-state index contributed by atoms with van der Waals surface area (Å²) in [7, 11) is 1.37. The first-order valence-electron chi connectivity index (χ1n) is 14.9. The molecule has 4 amide bonds. The van der Waals surface area contributed by atoms with Crippen molar-refractivity contribution in [1.29, 1.82) is 0 Å². The number of carbonyl (C=O) groups excluding carboxylic acids is 4. The quantitative estimate of drug-likeness (QED) is 0.162. The van der Waals surface area contributed by atoms with Gasteiger partial charge in [0.1, 0.15) is 0 Å². The van der Waals surface area contributed by atoms with Crippen molar-refractivity contribution in [2.24, 2.45) is 23.7 Å². The number of anilines is 1. The Kier molecular flexibility index (Phi) is 8.14. The number of amides is 4. The molecule has 0 spiro atoms. The van der Waals surface area contributed by atoms with Crippen molar-refractivity contribution in [3.63, 3.8) is 0 Å². The van der Waals surface area contributed by atoms with Crippen LogP contribution in [0.3, 0.4) is 0 Å². The predicted molar refractivity (Wildman–Crippen MR) is 177 cm³/mol. The Morgan fingerprint density at radius 2 is 1.80 bits per heavy atom. The van der Waals surface area contributed by atoms with E-state index in [4.69, 9.17) is 27.9 Å². The summed E-state index contributed by atoms with van der Waals surface area (Å²) in [5.74, 6) is -7.06. The highest BCUT2D eigenvalue weighted by Gasteiger charge is 2.70. The lowest BCUT2D eigenvalue weighted by molar-refractivity contribution is -0.139. The standard InChI is InChI=1S/C33H24Cl2F3IN4O6/c1-49-23-9-13(8-22(39)26(23)44)25-17-6-7-18-24(29(46)41-28(18)45)19(17)11-20-30(47)43(31(48)32(20,25)14-2-4-16(34)5-3-14)42-27-21(35)10-15(12-40-27)33(36,37)38/h2-6,8-10,12,18-20,24-25,44H,7,11H2,1H3,(H,40,42)(H,41,45,46)/t18-,19+,20-,24-,25-,32+/m0/s1. The molecular weight excluding hydrogens is 803 g/mol. The van der Waals surface area contributed by atoms with Gasteiger partial charge in [-0.05, 0) is 82.8 Å². The summed E-state index contributed by atoms with van der Waals surface area (Å²) in [6.07, 6.45) is -2.18. The van der Waals surface area contributed by atoms with E-state index >= 15 is 4.79 Å². The van der Waals surface area contributed by atoms with E-state index in [1.807, 2.05) is 28.7 Å². The van der Waals surface area contributed by atoms with Crippen molar-refractivity contribution >= 4 is 75.2 Å². The van der Waals surface area contributed by atoms with E-state index in [9.17, 15) is 32.7 Å². The largest absolute Gasteiger partial charge is 0.504 e. The number of imide groups is 2. The molecule has 2 aliphatic heterocycles. The zero-order valence-corrected chi connectivity index (χ0v) is 28.8. The van der Waals surface area contributed by atoms with E-state index in [0.717, 1.165) is 0 Å². The van der Waals surface area contributed by atoms with Crippen LogP contribution >= 0.6 is 45.8 Å². The number of phenolic OH excluding ortho intramolecular Hbond substituents is 1. The highest BCUT2D eigenvalue weighted by molar-refractivity contribution is 14.1. The number of nitrogens with zero attached hydrogens (tertiary/aromatic N) is 2. The van der Waals surface area contributed by atoms with Gasteiger partial charge < -0.3 is 9.84 Å². The first kappa shape index (κ1) is 33.6. The second kappa shape index (κ2) is 11.9. The highest BCUT2D eigenvalue weighted by atomic mass is 127. The van der Waals surface area contributed by atoms with Gasteiger partial charge in [0.25, 0.3) is 11.8 Å². The van der Waals surface area contributed by atoms with Crippen molar-refractivity contribution in [3.8, 4) is 11.5 Å². The van der Waals surface area contributed by atoms with Crippen LogP contribution in [0.1, 0.15) is 35.4 Å². The molecule has 254 valence electrons. The number of halogens is 6. The molecule has 2 aliphatic carbocycles. The fourth-order valence-corrected chi connectivity index (χ4v) is 8.94. The van der Waals surface area contributed by atoms with E-state index in [1.54, 1.807) is 36.4 Å². The Morgan fingerprint density at radius 3 is 2.45 bits per heavy atom. The maximum atomic E-state index is 15.1. The van der Waals surface area contributed by atoms with Gasteiger partial charge in [0.05, 0.1) is 44.4 Å². The predicted octanol–water partition coefficient (Wildman–Crippen LogP) is 6.00. The molecule has 3 N–H and O–H groups in total. The number of aromatic hydroxyl groups is 1. The average Bonchev–Trinajstić information content (AvgIpc) is 3.46. The van der Waals surface area contributed by atoms with Crippen molar-refractivity contribution < 1.29 is 42.2 Å². The van der Waals surface area contributed by atoms with Gasteiger partial charge in [-0.15, -0.1) is 0 Å². The zero-order chi connectivity index (χ0) is 35.2. The minimum absolute atomic E-state index is 0.0178. The Labute approximate surface area is 300 Å². The Balaban J connectivity index is 1.46. The number of allylic oxidation sites excluding steroid dienone is 2. The van der Waals surface area contributed by atoms with E-state index in [2.05, 4.69) is 15.7 Å². The Morgan fingerprint density at radius 1 is 1.08 bits per heavy atom. The fraction of sp³-hybridized carbons (Fsp3) is 0.303. The average molecular weight is 827 g/mol. The van der Waals surface area contributed by atoms with Crippen molar-refractivity contribution in [3.05, 3.63) is 90.6 Å². The molecule has 3 aromatic rings. The maximum Gasteiger partial charge on any atom is 0.417 e. The molecule has 1 aromatic heterocycles. The minimum atomic E-state index is -4.74. The number of benzene rings is 2. The second-order valence-electron chi connectivity index (χ2n) is 12.3. The van der Waals surface area contributed by atoms with E-state index in [0.29, 0.717) is 42.6 Å². The minimum Gasteiger partial charge on any atom is -0.504 e. The molecule has 16 heteroatoms. The van der Waals surface area contributed by atoms with Gasteiger partial charge in [-0.25, -0.2) is 4.98 Å². The third-order valence-corrected chi connectivity index (χ3v) is 11.4. The SMILES string of the molecule is COc1cc([C@H]2C3=CC[C@@H]4C(=O)NC(=O)[C@@H]4[C@@H]3C[C@H]3C(=O)N(Nc4ncc(C(F)(F)F)cc4Cl)C(=O)[C@@]23c2ccc(Cl)cc2)cc(I)c1O. The third-order valence-electron chi connectivity index (χ3n) is 10.0. The fourth-order valence-electron chi connectivity index (χ4n) is 7.98. The van der Waals surface area contributed by atoms with E-state index in [-0.39, 0.29) is 30.2 Å². The van der Waals surface area contributed by atoms with Crippen LogP contribution in [-0.2, 0) is 30.8 Å². The van der Waals surface area contributed by atoms with Crippen LogP contribution in [0, 0.1) is 27.2 Å². The van der Waals surface area contributed by atoms with Crippen LogP contribution in [0.15, 0.2) is 60.3 Å². The molecule has 0 bridgehead atoms. The first-order valence-corrected chi connectivity index (χ1v) is 16.8. The van der Waals surface area contributed by atoms with E-state index in [1.165, 1.54) is 7.11 Å². The molecule has 2 saturated heterocycles. The van der Waals surface area contributed by atoms with Gasteiger partial charge in [-0.3, -0.25) is 29.9 Å². The molecule has 4 aliphatic rings. The topological polar surface area (TPSA) is 138 Å². The third kappa shape index (κ3) is 5.08. The number of nitrogens with one attached hydrogen (secondary N) is 2. The molecule has 10 nitrogen and oxygen atoms in total. The number of methoxy groups -OCH3 is 1. The van der Waals surface area contributed by atoms with Crippen LogP contribution in [0.5, 0.6) is 11.5 Å². The number of fused-ring (bicyclic) bond motifs is 4. The van der Waals surface area contributed by atoms with Gasteiger partial charge in [0.2, 0.25) is 11.8 Å². The lowest BCUT2D eigenvalue weighted by atomic mass is 9.49. The number of alkyl halides is 3. The summed E-state index contributed by atoms with van der Waals surface area (Å²) in [6.45, 7) is 0. The first-order chi connectivity index (χ1) is 23.2. The van der Waals surface area contributed by atoms with Gasteiger partial charge in [0.15, 0.2) is 17.3 Å². The van der Waals surface area contributed by atoms with Crippen LogP contribution in [0.2, 0.25) is 10.0 Å². The number of carbonyl (C=O) groups is 4. The summed E-state index contributed by atoms with van der Waals surface area (Å²) < 4.78 is 46.0. The summed E-state index contributed by atoms with van der Waals surface area (Å²) in [5, 5.41) is 13.8. The second-order valence-corrected chi connectivity index (χ2v) is 14.3. The zero-order valence-electron chi connectivity index (χ0n) is 25.1. The lowest BCUT2D eigenvalue weighted by Crippen LogP contribution is -2.53. The number of ether oxygens (including phenoxy) is 1. The van der Waals surface area contributed by atoms with Crippen LogP contribution in [0.25, 0.3) is 0 Å². The molecule has 3 heterocycles. The van der Waals surface area contributed by atoms with Crippen molar-refractivity contribution in [1.82, 2.24) is 15.3 Å². The van der Waals surface area contributed by atoms with Gasteiger partial charge >= 0.3 is 6.18 Å². The Bertz CT molecular complexity index is 1990. The maximum absolute atomic E-state index is 15.1. The molecule has 6 atom stereocenters. The van der Waals surface area contributed by atoms with Crippen molar-refractivity contribution in [2.75, 3.05) is 12.5 Å². The number of hydrogen-bond donors (Lipinski definition) is 3. The van der Waals surface area contributed by atoms with Crippen molar-refractivity contribution in [2.45, 2.75) is 30.4 Å². The number of hydrogen-bond acceptors (Lipinski definition) is 8. The number of aromatic nitrogens is 1. The number of rotatable bonds is 5. The van der Waals surface area contributed by atoms with Gasteiger partial charge in [0, 0.05) is 17.1 Å². The number of pyridine rings is 1. The smallest absolute Gasteiger partial charge is 0.417 e. The number of hydrazine groups is 1. The number of phenols is 1. The molecule has 0 radical (unpaired) electrons. The summed E-state index contributed by atoms with van der Waals surface area (Å²) in [4.78, 5) is 59.6. The summed E-state index contributed by atoms with van der Waals surface area (Å²) in [6, 6.07) is 10.3. The van der Waals surface area contributed by atoms with Crippen LogP contribution in [0.4, 0.5) is 19.0 Å². The monoisotopic (exact) mass is 826 g/mol. The lowest BCUT2D eigenvalue weighted by Gasteiger charge is -2.50. The molecule has 49 heavy (non-hydrogen) atoms. The molecule has 1 saturated carbocycles. The molecule has 2 aromatic carbocycles. The summed E-state index contributed by atoms with van der Waals surface area (Å²) in [5.41, 5.74) is 1.27. The molecular formula is C33H24Cl2F3IN4O6. The van der Waals surface area contributed by atoms with Gasteiger partial charge in [-0.2, -0.15) is 18.2 Å². The summed E-state index contributed by atoms with van der Waals surface area (Å²) >= 11 is 14.4. The highest BCUT2D eigenvalue weighted by Crippen LogP contribution is 2.64. The Hall–Kier alpha value is -3.89. The van der Waals surface area contributed by atoms with Crippen LogP contribution in [-0.4, -0.2) is 45.8 Å². The van der Waals surface area contributed by atoms with E-state index < -0.39 is 75.4 Å². The molecule has 3 fully saturated rings.